The second-order valence-corrected chi connectivity index (χ2v) is 20.8. The summed E-state index contributed by atoms with van der Waals surface area (Å²) in [6.07, 6.45) is 12.9. The summed E-state index contributed by atoms with van der Waals surface area (Å²) in [6, 6.07) is 36.9. The maximum absolute atomic E-state index is 2.37. The molecular weight excluding hydrogens is 773 g/mol. The van der Waals surface area contributed by atoms with Crippen LogP contribution < -0.4 is 0 Å². The monoisotopic (exact) mass is 820 g/mol. The minimum Gasteiger partial charge on any atom is -0.342 e. The Morgan fingerprint density at radius 3 is 0.926 bits per heavy atom. The Balaban J connectivity index is 0.926. The van der Waals surface area contributed by atoms with E-state index in [2.05, 4.69) is 134 Å². The van der Waals surface area contributed by atoms with Gasteiger partial charge in [0.15, 0.2) is 0 Å². The van der Waals surface area contributed by atoms with Crippen LogP contribution in [0.3, 0.4) is 0 Å². The van der Waals surface area contributed by atoms with Crippen molar-refractivity contribution < 1.29 is 0 Å². The van der Waals surface area contributed by atoms with Crippen LogP contribution in [0.5, 0.6) is 0 Å². The quantitative estimate of drug-likeness (QED) is 0.0810. The van der Waals surface area contributed by atoms with Crippen LogP contribution in [-0.2, 0) is 26.9 Å². The van der Waals surface area contributed by atoms with Crippen molar-refractivity contribution in [3.63, 3.8) is 0 Å². The van der Waals surface area contributed by atoms with Crippen molar-refractivity contribution in [2.24, 2.45) is 14.1 Å². The highest BCUT2D eigenvalue weighted by Crippen LogP contribution is 2.46. The summed E-state index contributed by atoms with van der Waals surface area (Å²) in [5.41, 5.74) is 5.19. The largest absolute Gasteiger partial charge is 0.342 e. The third-order valence-corrected chi connectivity index (χ3v) is 17.6. The van der Waals surface area contributed by atoms with Crippen LogP contribution >= 0.6 is 68.0 Å². The number of hydrogen-bond acceptors (Lipinski definition) is 6. The topological polar surface area (TPSA) is 9.86 Å². The highest BCUT2D eigenvalue weighted by molar-refractivity contribution is 7.29. The first kappa shape index (κ1) is 37.7. The summed E-state index contributed by atoms with van der Waals surface area (Å²) in [6.45, 7) is 4.56. The third kappa shape index (κ3) is 8.16. The van der Waals surface area contributed by atoms with E-state index < -0.39 is 0 Å². The van der Waals surface area contributed by atoms with Gasteiger partial charge in [0.25, 0.3) is 0 Å². The van der Waals surface area contributed by atoms with Crippen molar-refractivity contribution in [2.75, 3.05) is 0 Å². The molecule has 0 N–H and O–H groups in total. The zero-order valence-corrected chi connectivity index (χ0v) is 36.6. The minimum atomic E-state index is 1.20. The van der Waals surface area contributed by atoms with Gasteiger partial charge in [0, 0.05) is 53.1 Å². The molecule has 0 spiro atoms. The molecule has 278 valence electrons. The van der Waals surface area contributed by atoms with E-state index in [4.69, 9.17) is 0 Å². The number of nitrogens with zero attached hydrogens (tertiary/aromatic N) is 2. The summed E-state index contributed by atoms with van der Waals surface area (Å²) in [4.78, 5) is 16.4. The van der Waals surface area contributed by atoms with Gasteiger partial charge < -0.3 is 9.13 Å². The van der Waals surface area contributed by atoms with Crippen molar-refractivity contribution in [2.45, 2.75) is 78.1 Å². The maximum atomic E-state index is 2.37. The van der Waals surface area contributed by atoms with Gasteiger partial charge in [-0.25, -0.2) is 0 Å². The highest BCUT2D eigenvalue weighted by atomic mass is 32.1. The summed E-state index contributed by atoms with van der Waals surface area (Å²) < 4.78 is 4.74. The van der Waals surface area contributed by atoms with Crippen molar-refractivity contribution in [1.82, 2.24) is 9.13 Å². The molecule has 54 heavy (non-hydrogen) atoms. The molecule has 0 unspecified atom stereocenters. The van der Waals surface area contributed by atoms with Crippen LogP contribution in [0.2, 0.25) is 0 Å². The molecule has 0 amide bonds. The van der Waals surface area contributed by atoms with Crippen LogP contribution in [-0.4, -0.2) is 9.13 Å². The first-order chi connectivity index (χ1) is 26.5. The minimum absolute atomic E-state index is 1.20. The molecule has 0 saturated heterocycles. The van der Waals surface area contributed by atoms with Gasteiger partial charge in [-0.1, -0.05) is 52.4 Å². The van der Waals surface area contributed by atoms with E-state index >= 15 is 0 Å². The molecule has 0 saturated carbocycles. The lowest BCUT2D eigenvalue weighted by Crippen LogP contribution is -1.91. The number of aryl methyl sites for hydroxylation is 2. The van der Waals surface area contributed by atoms with Crippen molar-refractivity contribution in [3.8, 4) is 71.5 Å². The van der Waals surface area contributed by atoms with Gasteiger partial charge in [0.05, 0.1) is 42.3 Å². The van der Waals surface area contributed by atoms with Crippen molar-refractivity contribution >= 4 is 68.0 Å². The van der Waals surface area contributed by atoms with E-state index in [0.717, 1.165) is 0 Å². The average Bonchev–Trinajstić information content (AvgIpc) is 4.01. The molecule has 0 radical (unpaired) electrons. The third-order valence-electron chi connectivity index (χ3n) is 10.3. The van der Waals surface area contributed by atoms with E-state index in [1.807, 2.05) is 68.0 Å². The van der Waals surface area contributed by atoms with Crippen molar-refractivity contribution in [1.29, 1.82) is 0 Å². The van der Waals surface area contributed by atoms with Gasteiger partial charge in [0.1, 0.15) is 0 Å². The van der Waals surface area contributed by atoms with Crippen LogP contribution in [0.25, 0.3) is 71.5 Å². The predicted octanol–water partition coefficient (Wildman–Crippen LogP) is 16.6. The van der Waals surface area contributed by atoms with Gasteiger partial charge in [-0.15, -0.1) is 68.0 Å². The summed E-state index contributed by atoms with van der Waals surface area (Å²) in [5, 5.41) is 0. The maximum Gasteiger partial charge on any atom is 0.0584 e. The zero-order valence-electron chi connectivity index (χ0n) is 31.7. The number of unbranched alkanes of at least 4 members (excludes halogenated alkanes) is 6. The van der Waals surface area contributed by atoms with Gasteiger partial charge in [-0.2, -0.15) is 0 Å². The summed E-state index contributed by atoms with van der Waals surface area (Å²) in [7, 11) is 4.43. The second kappa shape index (κ2) is 17.3. The first-order valence-corrected chi connectivity index (χ1v) is 24.3. The Morgan fingerprint density at radius 1 is 0.315 bits per heavy atom. The Kier molecular flexibility index (Phi) is 12.1. The molecule has 0 bridgehead atoms. The molecule has 8 aromatic heterocycles. The van der Waals surface area contributed by atoms with Crippen LogP contribution in [0.15, 0.2) is 97.1 Å². The lowest BCUT2D eigenvalue weighted by molar-refractivity contribution is 0.670. The standard InChI is InChI=1S/C46H48N2S6/c1-5-7-9-11-13-31-15-21-37(49-31)33-17-19-35(47(33)3)39-23-25-41(51-39)43-27-29-45(53-43)46-30-28-44(54-46)42-26-24-40(52-42)36-20-18-34(48(36)4)38-22-16-32(50-38)14-12-10-8-6-2/h15-30H,5-14H2,1-4H3. The fraction of sp³-hybridized carbons (Fsp3) is 0.304. The van der Waals surface area contributed by atoms with E-state index in [-0.39, 0.29) is 0 Å². The lowest BCUT2D eigenvalue weighted by Gasteiger charge is -2.05. The molecule has 0 aliphatic heterocycles. The molecule has 8 heterocycles. The van der Waals surface area contributed by atoms with E-state index in [9.17, 15) is 0 Å². The normalized spacial score (nSPS) is 11.7. The lowest BCUT2D eigenvalue weighted by atomic mass is 10.1. The van der Waals surface area contributed by atoms with E-state index in [0.29, 0.717) is 0 Å². The number of hydrogen-bond donors (Lipinski definition) is 0. The molecule has 0 fully saturated rings. The Bertz CT molecular complexity index is 2260. The van der Waals surface area contributed by atoms with Gasteiger partial charge >= 0.3 is 0 Å². The summed E-state index contributed by atoms with van der Waals surface area (Å²) in [5.74, 6) is 0. The SMILES string of the molecule is CCCCCCc1ccc(-c2ccc(-c3ccc(-c4ccc(-c5ccc(-c6ccc(-c7ccc(-c8ccc(CCCCCC)s8)n7C)s6)s5)s4)s3)n2C)s1. The fourth-order valence-corrected chi connectivity index (χ4v) is 13.8. The van der Waals surface area contributed by atoms with Crippen LogP contribution in [0.1, 0.15) is 75.0 Å². The second-order valence-electron chi connectivity index (χ2n) is 14.1. The molecule has 0 aromatic carbocycles. The van der Waals surface area contributed by atoms with E-state index in [1.54, 1.807) is 0 Å². The first-order valence-electron chi connectivity index (χ1n) is 19.4. The Hall–Kier alpha value is -3.24. The predicted molar refractivity (Wildman–Crippen MR) is 245 cm³/mol. The molecule has 8 aromatic rings. The smallest absolute Gasteiger partial charge is 0.0584 e. The molecule has 8 heteroatoms. The van der Waals surface area contributed by atoms with Gasteiger partial charge in [-0.05, 0) is 123 Å². The van der Waals surface area contributed by atoms with E-state index in [1.165, 1.54) is 146 Å². The van der Waals surface area contributed by atoms with Crippen LogP contribution in [0, 0.1) is 0 Å². The highest BCUT2D eigenvalue weighted by Gasteiger charge is 2.17. The van der Waals surface area contributed by atoms with Gasteiger partial charge in [0.2, 0.25) is 0 Å². The molecule has 0 aliphatic rings. The van der Waals surface area contributed by atoms with Crippen molar-refractivity contribution in [3.05, 3.63) is 107 Å². The molecular formula is C46H48N2S6. The van der Waals surface area contributed by atoms with Gasteiger partial charge in [-0.3, -0.25) is 0 Å². The number of aromatic nitrogens is 2. The fourth-order valence-electron chi connectivity index (χ4n) is 7.19. The number of rotatable bonds is 17. The average molecular weight is 821 g/mol. The molecule has 0 aliphatic carbocycles. The zero-order chi connectivity index (χ0) is 37.0. The Labute approximate surface area is 345 Å². The Morgan fingerprint density at radius 2 is 0.593 bits per heavy atom. The molecule has 0 atom stereocenters. The van der Waals surface area contributed by atoms with Crippen LogP contribution in [0.4, 0.5) is 0 Å². The molecule has 2 nitrogen and oxygen atoms in total. The number of thiophene rings is 6. The molecule has 8 rings (SSSR count). The summed E-state index contributed by atoms with van der Waals surface area (Å²) >= 11 is 11.5.